The van der Waals surface area contributed by atoms with Gasteiger partial charge in [-0.15, -0.1) is 18.3 Å². The number of ether oxygens (including phenoxy) is 1. The molecule has 1 aromatic carbocycles. The molecule has 0 saturated heterocycles. The van der Waals surface area contributed by atoms with Gasteiger partial charge in [-0.3, -0.25) is 10.1 Å². The van der Waals surface area contributed by atoms with E-state index in [-0.39, 0.29) is 11.6 Å². The molecule has 2 rings (SSSR count). The van der Waals surface area contributed by atoms with E-state index in [9.17, 15) is 18.0 Å². The molecule has 0 unspecified atom stereocenters. The molecule has 1 heterocycles. The summed E-state index contributed by atoms with van der Waals surface area (Å²) in [6.07, 6.45) is -4.32. The zero-order chi connectivity index (χ0) is 15.5. The number of rotatable bonds is 4. The highest BCUT2D eigenvalue weighted by Gasteiger charge is 2.31. The summed E-state index contributed by atoms with van der Waals surface area (Å²) in [5.74, 6) is -0.844. The molecular formula is C12H10F3N3O3. The van der Waals surface area contributed by atoms with Gasteiger partial charge < -0.3 is 9.15 Å². The molecule has 1 aromatic heterocycles. The average Bonchev–Trinajstić information content (AvgIpc) is 2.84. The lowest BCUT2D eigenvalue weighted by Gasteiger charge is -2.09. The number of benzene rings is 1. The van der Waals surface area contributed by atoms with E-state index in [0.717, 1.165) is 12.1 Å². The van der Waals surface area contributed by atoms with Crippen molar-refractivity contribution in [3.8, 4) is 5.75 Å². The number of carbonyl (C=O) groups is 1. The monoisotopic (exact) mass is 301 g/mol. The molecular weight excluding hydrogens is 291 g/mol. The van der Waals surface area contributed by atoms with E-state index in [0.29, 0.717) is 12.3 Å². The number of aromatic nitrogens is 2. The number of halogens is 3. The number of amides is 1. The molecule has 0 aliphatic rings. The van der Waals surface area contributed by atoms with Crippen LogP contribution in [0.15, 0.2) is 28.7 Å². The first kappa shape index (κ1) is 14.8. The van der Waals surface area contributed by atoms with Crippen LogP contribution in [0.1, 0.15) is 23.2 Å². The summed E-state index contributed by atoms with van der Waals surface area (Å²) in [6, 6.07) is 4.52. The summed E-state index contributed by atoms with van der Waals surface area (Å²) in [7, 11) is 0. The summed E-state index contributed by atoms with van der Waals surface area (Å²) in [5.41, 5.74) is -0.0343. The predicted octanol–water partition coefficient (Wildman–Crippen LogP) is 2.78. The maximum atomic E-state index is 12.1. The van der Waals surface area contributed by atoms with Crippen molar-refractivity contribution in [2.75, 3.05) is 5.32 Å². The summed E-state index contributed by atoms with van der Waals surface area (Å²) >= 11 is 0. The van der Waals surface area contributed by atoms with Crippen LogP contribution >= 0.6 is 0 Å². The quantitative estimate of drug-likeness (QED) is 0.939. The fraction of sp³-hybridized carbons (Fsp3) is 0.250. The maximum Gasteiger partial charge on any atom is 0.573 e. The van der Waals surface area contributed by atoms with Crippen molar-refractivity contribution in [3.63, 3.8) is 0 Å². The second-order valence-corrected chi connectivity index (χ2v) is 3.88. The van der Waals surface area contributed by atoms with Crippen LogP contribution in [0.5, 0.6) is 5.75 Å². The minimum Gasteiger partial charge on any atom is -0.408 e. The lowest BCUT2D eigenvalue weighted by atomic mass is 10.2. The van der Waals surface area contributed by atoms with Gasteiger partial charge in [0, 0.05) is 12.0 Å². The van der Waals surface area contributed by atoms with E-state index >= 15 is 0 Å². The molecule has 9 heteroatoms. The summed E-state index contributed by atoms with van der Waals surface area (Å²) in [6.45, 7) is 1.79. The van der Waals surface area contributed by atoms with Gasteiger partial charge in [0.05, 0.1) is 0 Å². The Hall–Kier alpha value is -2.58. The van der Waals surface area contributed by atoms with E-state index in [1.54, 1.807) is 6.92 Å². The van der Waals surface area contributed by atoms with Gasteiger partial charge in [0.25, 0.3) is 5.91 Å². The smallest absolute Gasteiger partial charge is 0.408 e. The van der Waals surface area contributed by atoms with Crippen LogP contribution in [0.25, 0.3) is 0 Å². The Bertz CT molecular complexity index is 640. The van der Waals surface area contributed by atoms with E-state index in [1.807, 2.05) is 0 Å². The van der Waals surface area contributed by atoms with Crippen LogP contribution in [0.2, 0.25) is 0 Å². The first-order chi connectivity index (χ1) is 9.87. The van der Waals surface area contributed by atoms with Crippen molar-refractivity contribution in [2.45, 2.75) is 19.7 Å². The topological polar surface area (TPSA) is 77.2 Å². The Kier molecular flexibility index (Phi) is 4.10. The number of nitrogens with one attached hydrogen (secondary N) is 1. The first-order valence-corrected chi connectivity index (χ1v) is 5.87. The van der Waals surface area contributed by atoms with Gasteiger partial charge in [-0.1, -0.05) is 18.1 Å². The normalized spacial score (nSPS) is 11.2. The van der Waals surface area contributed by atoms with E-state index in [1.165, 1.54) is 12.1 Å². The summed E-state index contributed by atoms with van der Waals surface area (Å²) in [5, 5.41) is 9.50. The Labute approximate surface area is 116 Å². The van der Waals surface area contributed by atoms with Crippen LogP contribution in [-0.4, -0.2) is 22.5 Å². The fourth-order valence-electron chi connectivity index (χ4n) is 1.45. The summed E-state index contributed by atoms with van der Waals surface area (Å²) < 4.78 is 45.1. The minimum atomic E-state index is -4.82. The van der Waals surface area contributed by atoms with Gasteiger partial charge in [0.1, 0.15) is 5.75 Å². The van der Waals surface area contributed by atoms with E-state index in [2.05, 4.69) is 20.3 Å². The summed E-state index contributed by atoms with van der Waals surface area (Å²) in [4.78, 5) is 11.9. The molecule has 0 spiro atoms. The lowest BCUT2D eigenvalue weighted by Crippen LogP contribution is -2.18. The van der Waals surface area contributed by atoms with E-state index < -0.39 is 18.0 Å². The predicted molar refractivity (Wildman–Crippen MR) is 64.8 cm³/mol. The molecule has 0 aliphatic heterocycles. The van der Waals surface area contributed by atoms with Crippen molar-refractivity contribution in [1.82, 2.24) is 10.2 Å². The molecule has 0 radical (unpaired) electrons. The van der Waals surface area contributed by atoms with E-state index in [4.69, 9.17) is 4.42 Å². The zero-order valence-electron chi connectivity index (χ0n) is 10.8. The van der Waals surface area contributed by atoms with Crippen LogP contribution in [0, 0.1) is 0 Å². The molecule has 2 aromatic rings. The van der Waals surface area contributed by atoms with Crippen molar-refractivity contribution < 1.29 is 27.1 Å². The van der Waals surface area contributed by atoms with Gasteiger partial charge >= 0.3 is 12.4 Å². The third-order valence-corrected chi connectivity index (χ3v) is 2.32. The molecule has 21 heavy (non-hydrogen) atoms. The van der Waals surface area contributed by atoms with Crippen LogP contribution in [0.4, 0.5) is 19.2 Å². The Morgan fingerprint density at radius 1 is 1.38 bits per heavy atom. The number of nitrogens with zero attached hydrogens (tertiary/aromatic N) is 2. The maximum absolute atomic E-state index is 12.1. The largest absolute Gasteiger partial charge is 0.573 e. The van der Waals surface area contributed by atoms with Crippen LogP contribution in [-0.2, 0) is 6.42 Å². The van der Waals surface area contributed by atoms with Crippen molar-refractivity contribution in [1.29, 1.82) is 0 Å². The number of aryl methyl sites for hydroxylation is 1. The number of carbonyl (C=O) groups excluding carboxylic acids is 1. The molecule has 0 bridgehead atoms. The Balaban J connectivity index is 2.10. The zero-order valence-corrected chi connectivity index (χ0v) is 10.8. The Morgan fingerprint density at radius 2 is 2.14 bits per heavy atom. The van der Waals surface area contributed by atoms with Crippen LogP contribution < -0.4 is 10.1 Å². The fourth-order valence-corrected chi connectivity index (χ4v) is 1.45. The lowest BCUT2D eigenvalue weighted by molar-refractivity contribution is -0.274. The Morgan fingerprint density at radius 3 is 2.76 bits per heavy atom. The SMILES string of the molecule is CCc1nnc(NC(=O)c2cccc(OC(F)(F)F)c2)o1. The number of hydrogen-bond donors (Lipinski definition) is 1. The highest BCUT2D eigenvalue weighted by molar-refractivity contribution is 6.03. The standard InChI is InChI=1S/C12H10F3N3O3/c1-2-9-17-18-11(20-9)16-10(19)7-4-3-5-8(6-7)21-12(13,14)15/h3-6H,2H2,1H3,(H,16,18,19). The average molecular weight is 301 g/mol. The van der Waals surface area contributed by atoms with Crippen molar-refractivity contribution >= 4 is 11.9 Å². The van der Waals surface area contributed by atoms with Crippen LogP contribution in [0.3, 0.4) is 0 Å². The van der Waals surface area contributed by atoms with Gasteiger partial charge in [-0.05, 0) is 18.2 Å². The van der Waals surface area contributed by atoms with Gasteiger partial charge in [-0.2, -0.15) is 0 Å². The molecule has 0 saturated carbocycles. The van der Waals surface area contributed by atoms with Gasteiger partial charge in [0.2, 0.25) is 5.89 Å². The molecule has 0 fully saturated rings. The molecule has 0 atom stereocenters. The van der Waals surface area contributed by atoms with Crippen molar-refractivity contribution in [2.24, 2.45) is 0 Å². The third-order valence-electron chi connectivity index (χ3n) is 2.32. The highest BCUT2D eigenvalue weighted by atomic mass is 19.4. The molecule has 1 N–H and O–H groups in total. The molecule has 1 amide bonds. The van der Waals surface area contributed by atoms with Crippen molar-refractivity contribution in [3.05, 3.63) is 35.7 Å². The third kappa shape index (κ3) is 4.20. The van der Waals surface area contributed by atoms with Gasteiger partial charge in [-0.25, -0.2) is 0 Å². The second-order valence-electron chi connectivity index (χ2n) is 3.88. The molecule has 112 valence electrons. The molecule has 6 nitrogen and oxygen atoms in total. The second kappa shape index (κ2) is 5.81. The van der Waals surface area contributed by atoms with Gasteiger partial charge in [0.15, 0.2) is 0 Å². The first-order valence-electron chi connectivity index (χ1n) is 5.87. The molecule has 0 aliphatic carbocycles. The number of alkyl halides is 3. The number of anilines is 1. The highest BCUT2D eigenvalue weighted by Crippen LogP contribution is 2.23. The number of hydrogen-bond acceptors (Lipinski definition) is 5. The minimum absolute atomic E-state index is 0.0343.